The Morgan fingerprint density at radius 2 is 1.93 bits per heavy atom. The van der Waals surface area contributed by atoms with Gasteiger partial charge in [-0.15, -0.1) is 0 Å². The zero-order valence-corrected chi connectivity index (χ0v) is 17.2. The Morgan fingerprint density at radius 1 is 1.14 bits per heavy atom. The SMILES string of the molecule is Cn1c(CCCNc2ccc(S(=O)(=O)N3CCOCC3)cn2)nc2ccccc21. The Labute approximate surface area is 170 Å². The predicted octanol–water partition coefficient (Wildman–Crippen LogP) is 2.03. The predicted molar refractivity (Wildman–Crippen MR) is 111 cm³/mol. The minimum absolute atomic E-state index is 0.213. The van der Waals surface area contributed by atoms with Crippen LogP contribution >= 0.6 is 0 Å². The van der Waals surface area contributed by atoms with E-state index >= 15 is 0 Å². The Kier molecular flexibility index (Phi) is 5.79. The van der Waals surface area contributed by atoms with Crippen molar-refractivity contribution < 1.29 is 13.2 Å². The van der Waals surface area contributed by atoms with E-state index < -0.39 is 10.0 Å². The number of nitrogens with one attached hydrogen (secondary N) is 1. The molecule has 1 N–H and O–H groups in total. The molecule has 9 heteroatoms. The van der Waals surface area contributed by atoms with E-state index in [1.54, 1.807) is 12.1 Å². The van der Waals surface area contributed by atoms with Gasteiger partial charge in [0.25, 0.3) is 0 Å². The molecule has 0 unspecified atom stereocenters. The maximum absolute atomic E-state index is 12.6. The lowest BCUT2D eigenvalue weighted by Crippen LogP contribution is -2.40. The summed E-state index contributed by atoms with van der Waals surface area (Å²) in [6.45, 7) is 2.34. The number of aromatic nitrogens is 3. The molecule has 154 valence electrons. The molecule has 0 aliphatic carbocycles. The van der Waals surface area contributed by atoms with E-state index in [0.717, 1.165) is 36.2 Å². The molecule has 1 fully saturated rings. The molecule has 0 atom stereocenters. The molecule has 3 heterocycles. The van der Waals surface area contributed by atoms with Crippen LogP contribution in [0.2, 0.25) is 0 Å². The lowest BCUT2D eigenvalue weighted by Gasteiger charge is -2.25. The van der Waals surface area contributed by atoms with Crippen LogP contribution in [0.1, 0.15) is 12.2 Å². The van der Waals surface area contributed by atoms with Crippen molar-refractivity contribution in [2.24, 2.45) is 7.05 Å². The third-order valence-electron chi connectivity index (χ3n) is 5.11. The molecule has 0 amide bonds. The Hall–Kier alpha value is -2.49. The molecular weight excluding hydrogens is 390 g/mol. The van der Waals surface area contributed by atoms with E-state index in [1.807, 2.05) is 25.2 Å². The molecule has 4 rings (SSSR count). The molecule has 3 aromatic rings. The van der Waals surface area contributed by atoms with Gasteiger partial charge < -0.3 is 14.6 Å². The first kappa shape index (κ1) is 19.8. The quantitative estimate of drug-likeness (QED) is 0.594. The van der Waals surface area contributed by atoms with Crippen molar-refractivity contribution in [1.82, 2.24) is 18.8 Å². The molecule has 29 heavy (non-hydrogen) atoms. The standard InChI is InChI=1S/C20H25N5O3S/c1-24-18-6-3-2-5-17(18)23-20(24)7-4-10-21-19-9-8-16(15-22-19)29(26,27)25-11-13-28-14-12-25/h2-3,5-6,8-9,15H,4,7,10-14H2,1H3,(H,21,22). The number of nitrogens with zero attached hydrogens (tertiary/aromatic N) is 4. The first-order valence-corrected chi connectivity index (χ1v) is 11.2. The summed E-state index contributed by atoms with van der Waals surface area (Å²) < 4.78 is 34.0. The van der Waals surface area contributed by atoms with Crippen molar-refractivity contribution in [2.45, 2.75) is 17.7 Å². The summed E-state index contributed by atoms with van der Waals surface area (Å²) in [7, 11) is -1.47. The van der Waals surface area contributed by atoms with Crippen LogP contribution in [0.25, 0.3) is 11.0 Å². The largest absolute Gasteiger partial charge is 0.379 e. The smallest absolute Gasteiger partial charge is 0.244 e. The van der Waals surface area contributed by atoms with Crippen LogP contribution in [0.5, 0.6) is 0 Å². The number of sulfonamides is 1. The highest BCUT2D eigenvalue weighted by atomic mass is 32.2. The second-order valence-corrected chi connectivity index (χ2v) is 8.94. The third-order valence-corrected chi connectivity index (χ3v) is 6.99. The topological polar surface area (TPSA) is 89.4 Å². The van der Waals surface area contributed by atoms with Crippen molar-refractivity contribution in [3.05, 3.63) is 48.4 Å². The number of pyridine rings is 1. The zero-order chi connectivity index (χ0) is 20.3. The minimum Gasteiger partial charge on any atom is -0.379 e. The Bertz CT molecular complexity index is 1070. The van der Waals surface area contributed by atoms with E-state index in [2.05, 4.69) is 25.9 Å². The number of fused-ring (bicyclic) bond motifs is 1. The van der Waals surface area contributed by atoms with Crippen LogP contribution in [0.15, 0.2) is 47.5 Å². The molecule has 0 spiro atoms. The lowest BCUT2D eigenvalue weighted by molar-refractivity contribution is 0.0730. The molecule has 8 nitrogen and oxygen atoms in total. The van der Waals surface area contributed by atoms with Gasteiger partial charge in [0.05, 0.1) is 24.2 Å². The fourth-order valence-corrected chi connectivity index (χ4v) is 4.81. The first-order chi connectivity index (χ1) is 14.1. The molecule has 1 saturated heterocycles. The fraction of sp³-hybridized carbons (Fsp3) is 0.400. The van der Waals surface area contributed by atoms with E-state index in [4.69, 9.17) is 4.74 Å². The number of aryl methyl sites for hydroxylation is 2. The monoisotopic (exact) mass is 415 g/mol. The van der Waals surface area contributed by atoms with Gasteiger partial charge in [-0.1, -0.05) is 12.1 Å². The highest BCUT2D eigenvalue weighted by molar-refractivity contribution is 7.89. The zero-order valence-electron chi connectivity index (χ0n) is 16.4. The van der Waals surface area contributed by atoms with Gasteiger partial charge in [-0.3, -0.25) is 0 Å². The number of ether oxygens (including phenoxy) is 1. The number of morpholine rings is 1. The fourth-order valence-electron chi connectivity index (χ4n) is 3.46. The number of rotatable bonds is 7. The molecule has 2 aromatic heterocycles. The van der Waals surface area contributed by atoms with Gasteiger partial charge in [-0.05, 0) is 30.7 Å². The van der Waals surface area contributed by atoms with E-state index in [9.17, 15) is 8.42 Å². The second kappa shape index (κ2) is 8.48. The lowest BCUT2D eigenvalue weighted by atomic mass is 10.3. The highest BCUT2D eigenvalue weighted by Crippen LogP contribution is 2.18. The van der Waals surface area contributed by atoms with Crippen molar-refractivity contribution in [3.8, 4) is 0 Å². The Morgan fingerprint density at radius 3 is 2.66 bits per heavy atom. The summed E-state index contributed by atoms with van der Waals surface area (Å²) in [6, 6.07) is 11.4. The van der Waals surface area contributed by atoms with Crippen LogP contribution in [0.3, 0.4) is 0 Å². The van der Waals surface area contributed by atoms with Crippen LogP contribution in [-0.4, -0.2) is 60.1 Å². The van der Waals surface area contributed by atoms with Crippen molar-refractivity contribution in [3.63, 3.8) is 0 Å². The van der Waals surface area contributed by atoms with Gasteiger partial charge in [0.15, 0.2) is 0 Å². The molecule has 1 aromatic carbocycles. The summed E-state index contributed by atoms with van der Waals surface area (Å²) in [4.78, 5) is 9.16. The van der Waals surface area contributed by atoms with Gasteiger partial charge in [0.1, 0.15) is 16.5 Å². The maximum atomic E-state index is 12.6. The third kappa shape index (κ3) is 4.26. The normalized spacial score (nSPS) is 15.6. The van der Waals surface area contributed by atoms with E-state index in [1.165, 1.54) is 10.5 Å². The number of hydrogen-bond donors (Lipinski definition) is 1. The van der Waals surface area contributed by atoms with Gasteiger partial charge in [-0.25, -0.2) is 18.4 Å². The average molecular weight is 416 g/mol. The average Bonchev–Trinajstić information content (AvgIpc) is 3.08. The van der Waals surface area contributed by atoms with Crippen LogP contribution in [0.4, 0.5) is 5.82 Å². The van der Waals surface area contributed by atoms with Crippen LogP contribution < -0.4 is 5.32 Å². The Balaban J connectivity index is 1.31. The molecular formula is C20H25N5O3S. The van der Waals surface area contributed by atoms with E-state index in [0.29, 0.717) is 32.1 Å². The first-order valence-electron chi connectivity index (χ1n) is 9.74. The van der Waals surface area contributed by atoms with Gasteiger partial charge >= 0.3 is 0 Å². The molecule has 1 aliphatic heterocycles. The van der Waals surface area contributed by atoms with Crippen molar-refractivity contribution in [2.75, 3.05) is 38.2 Å². The van der Waals surface area contributed by atoms with Crippen LogP contribution in [0, 0.1) is 0 Å². The van der Waals surface area contributed by atoms with Crippen molar-refractivity contribution in [1.29, 1.82) is 0 Å². The summed E-state index contributed by atoms with van der Waals surface area (Å²) in [5.74, 6) is 1.71. The van der Waals surface area contributed by atoms with Gasteiger partial charge in [-0.2, -0.15) is 4.31 Å². The summed E-state index contributed by atoms with van der Waals surface area (Å²) >= 11 is 0. The number of para-hydroxylation sites is 2. The molecule has 0 saturated carbocycles. The van der Waals surface area contributed by atoms with E-state index in [-0.39, 0.29) is 4.90 Å². The number of hydrogen-bond acceptors (Lipinski definition) is 6. The maximum Gasteiger partial charge on any atom is 0.244 e. The number of imidazole rings is 1. The number of anilines is 1. The summed E-state index contributed by atoms with van der Waals surface area (Å²) in [5, 5.41) is 3.25. The molecule has 0 bridgehead atoms. The second-order valence-electron chi connectivity index (χ2n) is 7.00. The minimum atomic E-state index is -3.51. The van der Waals surface area contributed by atoms with Crippen LogP contribution in [-0.2, 0) is 28.2 Å². The molecule has 0 radical (unpaired) electrons. The summed E-state index contributed by atoms with van der Waals surface area (Å²) in [5.41, 5.74) is 2.14. The van der Waals surface area contributed by atoms with Gasteiger partial charge in [0.2, 0.25) is 10.0 Å². The number of benzene rings is 1. The highest BCUT2D eigenvalue weighted by Gasteiger charge is 2.26. The van der Waals surface area contributed by atoms with Gasteiger partial charge in [0, 0.05) is 39.3 Å². The van der Waals surface area contributed by atoms with Crippen molar-refractivity contribution >= 4 is 26.9 Å². The molecule has 1 aliphatic rings. The summed E-state index contributed by atoms with van der Waals surface area (Å²) in [6.07, 6.45) is 3.16.